The van der Waals surface area contributed by atoms with Gasteiger partial charge in [0.2, 0.25) is 0 Å². The van der Waals surface area contributed by atoms with Crippen molar-refractivity contribution < 1.29 is 9.53 Å². The number of methoxy groups -OCH3 is 1. The zero-order chi connectivity index (χ0) is 16.8. The molecule has 0 amide bonds. The van der Waals surface area contributed by atoms with Crippen molar-refractivity contribution in [1.29, 1.82) is 0 Å². The van der Waals surface area contributed by atoms with Crippen LogP contribution >= 0.6 is 0 Å². The largest absolute Gasteiger partial charge is 0.497 e. The summed E-state index contributed by atoms with van der Waals surface area (Å²) in [7, 11) is 1.74. The van der Waals surface area contributed by atoms with Gasteiger partial charge in [0, 0.05) is 0 Å². The molecular formula is C21H27NO2. The van der Waals surface area contributed by atoms with Crippen molar-refractivity contribution in [3.05, 3.63) is 40.5 Å². The van der Waals surface area contributed by atoms with E-state index in [9.17, 15) is 4.79 Å². The molecule has 2 N–H and O–H groups in total. The first-order valence-corrected chi connectivity index (χ1v) is 9.23. The Hall–Kier alpha value is -1.61. The molecule has 3 aliphatic rings. The molecule has 0 saturated heterocycles. The highest BCUT2D eigenvalue weighted by atomic mass is 16.5. The van der Waals surface area contributed by atoms with Crippen LogP contribution in [0.2, 0.25) is 0 Å². The van der Waals surface area contributed by atoms with Crippen LogP contribution in [0.15, 0.2) is 29.3 Å². The Morgan fingerprint density at radius 1 is 1.29 bits per heavy atom. The Labute approximate surface area is 144 Å². The quantitative estimate of drug-likeness (QED) is 0.923. The lowest BCUT2D eigenvalue weighted by atomic mass is 9.58. The second kappa shape index (κ2) is 6.03. The van der Waals surface area contributed by atoms with Crippen LogP contribution in [-0.2, 0) is 11.2 Å². The molecule has 0 aromatic heterocycles. The lowest BCUT2D eigenvalue weighted by molar-refractivity contribution is -0.113. The number of nitrogens with two attached hydrogens (primary N) is 1. The maximum atomic E-state index is 12.0. The van der Waals surface area contributed by atoms with Crippen molar-refractivity contribution in [2.45, 2.75) is 44.9 Å². The molecule has 1 aromatic rings. The van der Waals surface area contributed by atoms with Crippen LogP contribution in [0.1, 0.15) is 49.7 Å². The van der Waals surface area contributed by atoms with Gasteiger partial charge in [0.1, 0.15) is 5.75 Å². The van der Waals surface area contributed by atoms with Gasteiger partial charge in [-0.25, -0.2) is 0 Å². The van der Waals surface area contributed by atoms with Crippen LogP contribution in [0, 0.1) is 17.8 Å². The first kappa shape index (κ1) is 15.9. The Balaban J connectivity index is 1.78. The van der Waals surface area contributed by atoms with E-state index in [0.717, 1.165) is 37.0 Å². The molecule has 3 aliphatic carbocycles. The molecular weight excluding hydrogens is 298 g/mol. The van der Waals surface area contributed by atoms with Crippen LogP contribution in [0.3, 0.4) is 0 Å². The number of carbonyl (C=O) groups excluding carboxylic acids is 1. The fourth-order valence-electron chi connectivity index (χ4n) is 5.67. The number of ether oxygens (including phenoxy) is 1. The number of ketones is 1. The van der Waals surface area contributed by atoms with E-state index in [1.165, 1.54) is 23.1 Å². The van der Waals surface area contributed by atoms with Crippen LogP contribution < -0.4 is 10.5 Å². The summed E-state index contributed by atoms with van der Waals surface area (Å²) in [5.41, 5.74) is 11.7. The maximum Gasteiger partial charge on any atom is 0.155 e. The summed E-state index contributed by atoms with van der Waals surface area (Å²) in [6.45, 7) is 2.43. The first-order chi connectivity index (χ1) is 11.6. The number of benzene rings is 1. The Morgan fingerprint density at radius 3 is 2.83 bits per heavy atom. The van der Waals surface area contributed by atoms with Gasteiger partial charge >= 0.3 is 0 Å². The number of hydrogen-bond acceptors (Lipinski definition) is 3. The van der Waals surface area contributed by atoms with Gasteiger partial charge in [-0.15, -0.1) is 0 Å². The number of aryl methyl sites for hydroxylation is 1. The summed E-state index contributed by atoms with van der Waals surface area (Å²) in [5, 5.41) is 0. The lowest BCUT2D eigenvalue weighted by Crippen LogP contribution is -2.40. The number of carbonyl (C=O) groups is 1. The van der Waals surface area contributed by atoms with Crippen LogP contribution in [0.25, 0.3) is 0 Å². The predicted octanol–water partition coefficient (Wildman–Crippen LogP) is 3.62. The molecule has 3 heteroatoms. The SMILES string of the molecule is COc1ccc2c(c1)[C@H]1[C@@H](CN)CC3=C(C(C)=O)CC[C@H]3[C@@H]1CC2. The van der Waals surface area contributed by atoms with E-state index < -0.39 is 0 Å². The first-order valence-electron chi connectivity index (χ1n) is 9.23. The third-order valence-electron chi connectivity index (χ3n) is 6.70. The number of Topliss-reactive ketones (excluding diaryl/α,β-unsaturated/α-hetero) is 1. The minimum absolute atomic E-state index is 0.277. The third-order valence-corrected chi connectivity index (χ3v) is 6.70. The van der Waals surface area contributed by atoms with E-state index >= 15 is 0 Å². The highest BCUT2D eigenvalue weighted by Gasteiger charge is 2.47. The molecule has 0 bridgehead atoms. The zero-order valence-electron chi connectivity index (χ0n) is 14.7. The van der Waals surface area contributed by atoms with Crippen molar-refractivity contribution in [3.63, 3.8) is 0 Å². The Kier molecular flexibility index (Phi) is 4.00. The summed E-state index contributed by atoms with van der Waals surface area (Å²) in [5.74, 6) is 3.42. The molecule has 24 heavy (non-hydrogen) atoms. The van der Waals surface area contributed by atoms with Crippen LogP contribution in [0.4, 0.5) is 0 Å². The van der Waals surface area contributed by atoms with Gasteiger partial charge in [-0.05, 0) is 98.1 Å². The molecule has 1 fully saturated rings. The number of allylic oxidation sites excluding steroid dienone is 2. The fraction of sp³-hybridized carbons (Fsp3) is 0.571. The van der Waals surface area contributed by atoms with Crippen molar-refractivity contribution in [2.24, 2.45) is 23.5 Å². The second-order valence-electron chi connectivity index (χ2n) is 7.70. The summed E-state index contributed by atoms with van der Waals surface area (Å²) < 4.78 is 5.48. The van der Waals surface area contributed by atoms with Gasteiger partial charge in [0.15, 0.2) is 5.78 Å². The molecule has 0 spiro atoms. The molecule has 0 unspecified atom stereocenters. The van der Waals surface area contributed by atoms with Gasteiger partial charge < -0.3 is 10.5 Å². The highest BCUT2D eigenvalue weighted by Crippen LogP contribution is 2.57. The maximum absolute atomic E-state index is 12.0. The fourth-order valence-corrected chi connectivity index (χ4v) is 5.67. The van der Waals surface area contributed by atoms with Crippen molar-refractivity contribution >= 4 is 5.78 Å². The van der Waals surface area contributed by atoms with Gasteiger partial charge in [-0.2, -0.15) is 0 Å². The molecule has 1 saturated carbocycles. The van der Waals surface area contributed by atoms with E-state index in [1.807, 2.05) is 0 Å². The van der Waals surface area contributed by atoms with Crippen LogP contribution in [0.5, 0.6) is 5.75 Å². The third kappa shape index (κ3) is 2.33. The Bertz CT molecular complexity index is 706. The average Bonchev–Trinajstić information content (AvgIpc) is 3.04. The smallest absolute Gasteiger partial charge is 0.155 e. The number of hydrogen-bond donors (Lipinski definition) is 1. The van der Waals surface area contributed by atoms with Gasteiger partial charge in [-0.1, -0.05) is 11.6 Å². The standard InChI is InChI=1S/C21H27NO2/c1-12(23)16-7-8-17-18-6-4-13-3-5-15(24-2)10-19(13)21(18)14(11-22)9-20(16)17/h3,5,10,14,17-18,21H,4,6-9,11,22H2,1-2H3/t14-,17+,18+,21+/m1/s1. The lowest BCUT2D eigenvalue weighted by Gasteiger charge is -2.47. The molecule has 3 nitrogen and oxygen atoms in total. The average molecular weight is 325 g/mol. The Morgan fingerprint density at radius 2 is 2.12 bits per heavy atom. The topological polar surface area (TPSA) is 52.3 Å². The molecule has 4 atom stereocenters. The molecule has 0 aliphatic heterocycles. The minimum atomic E-state index is 0.277. The number of fused-ring (bicyclic) bond motifs is 5. The van der Waals surface area contributed by atoms with Gasteiger partial charge in [-0.3, -0.25) is 4.79 Å². The van der Waals surface area contributed by atoms with E-state index in [2.05, 4.69) is 18.2 Å². The van der Waals surface area contributed by atoms with Gasteiger partial charge in [0.25, 0.3) is 0 Å². The molecule has 4 rings (SSSR count). The van der Waals surface area contributed by atoms with Crippen molar-refractivity contribution in [3.8, 4) is 5.75 Å². The molecule has 128 valence electrons. The zero-order valence-corrected chi connectivity index (χ0v) is 14.7. The number of rotatable bonds is 3. The monoisotopic (exact) mass is 325 g/mol. The van der Waals surface area contributed by atoms with E-state index in [1.54, 1.807) is 14.0 Å². The minimum Gasteiger partial charge on any atom is -0.497 e. The summed E-state index contributed by atoms with van der Waals surface area (Å²) in [4.78, 5) is 12.0. The van der Waals surface area contributed by atoms with Crippen molar-refractivity contribution in [1.82, 2.24) is 0 Å². The molecule has 0 heterocycles. The summed E-state index contributed by atoms with van der Waals surface area (Å²) in [6.07, 6.45) is 5.49. The molecule has 0 radical (unpaired) electrons. The summed E-state index contributed by atoms with van der Waals surface area (Å²) in [6, 6.07) is 6.55. The second-order valence-corrected chi connectivity index (χ2v) is 7.70. The van der Waals surface area contributed by atoms with Crippen molar-refractivity contribution in [2.75, 3.05) is 13.7 Å². The van der Waals surface area contributed by atoms with E-state index in [4.69, 9.17) is 10.5 Å². The summed E-state index contributed by atoms with van der Waals surface area (Å²) >= 11 is 0. The normalized spacial score (nSPS) is 31.3. The van der Waals surface area contributed by atoms with Gasteiger partial charge in [0.05, 0.1) is 7.11 Å². The van der Waals surface area contributed by atoms with E-state index in [-0.39, 0.29) is 5.78 Å². The predicted molar refractivity (Wildman–Crippen MR) is 95.1 cm³/mol. The highest BCUT2D eigenvalue weighted by molar-refractivity contribution is 5.94. The van der Waals surface area contributed by atoms with E-state index in [0.29, 0.717) is 30.2 Å². The van der Waals surface area contributed by atoms with Crippen LogP contribution in [-0.4, -0.2) is 19.4 Å². The molecule has 1 aromatic carbocycles.